The Morgan fingerprint density at radius 2 is 2.33 bits per heavy atom. The Balaban J connectivity index is 2.22. The van der Waals surface area contributed by atoms with Crippen molar-refractivity contribution in [3.05, 3.63) is 27.4 Å². The Bertz CT molecular complexity index is 566. The monoisotopic (exact) mass is 313 g/mol. The molecule has 114 valence electrons. The number of methoxy groups -OCH3 is 1. The minimum atomic E-state index is -0.495. The molecule has 0 aliphatic carbocycles. The molecule has 1 aliphatic rings. The summed E-state index contributed by atoms with van der Waals surface area (Å²) in [6.45, 7) is 2.95. The van der Waals surface area contributed by atoms with Gasteiger partial charge in [0.05, 0.1) is 23.0 Å². The number of esters is 1. The predicted molar refractivity (Wildman–Crippen MR) is 77.4 cm³/mol. The predicted octanol–water partition coefficient (Wildman–Crippen LogP) is 2.28. The number of carbonyl (C=O) groups excluding carboxylic acids is 1. The van der Waals surface area contributed by atoms with Gasteiger partial charge in [-0.25, -0.2) is 4.98 Å². The minimum absolute atomic E-state index is 0.0308. The summed E-state index contributed by atoms with van der Waals surface area (Å²) in [6, 6.07) is 1.29. The summed E-state index contributed by atoms with van der Waals surface area (Å²) >= 11 is 5.77. The molecule has 0 spiro atoms. The summed E-state index contributed by atoms with van der Waals surface area (Å²) in [5.74, 6) is -0.0961. The standard InChI is InChI=1S/C13H16ClN3O4/c1-8-7-16(4-3-10(8)13(18)21-2)12-11(17(19)20)5-9(14)6-15-12/h5-6,8,10H,3-4,7H2,1-2H3/t8-,10-/m0/s1. The molecule has 7 nitrogen and oxygen atoms in total. The van der Waals surface area contributed by atoms with Gasteiger partial charge in [-0.1, -0.05) is 18.5 Å². The van der Waals surface area contributed by atoms with Crippen molar-refractivity contribution in [2.45, 2.75) is 13.3 Å². The van der Waals surface area contributed by atoms with Crippen molar-refractivity contribution in [1.29, 1.82) is 0 Å². The lowest BCUT2D eigenvalue weighted by Crippen LogP contribution is -2.43. The first kappa shape index (κ1) is 15.5. The molecular weight excluding hydrogens is 298 g/mol. The van der Waals surface area contributed by atoms with Crippen molar-refractivity contribution in [2.24, 2.45) is 11.8 Å². The maximum Gasteiger partial charge on any atom is 0.313 e. The number of anilines is 1. The zero-order valence-corrected chi connectivity index (χ0v) is 12.5. The van der Waals surface area contributed by atoms with E-state index in [1.165, 1.54) is 19.4 Å². The van der Waals surface area contributed by atoms with Crippen molar-refractivity contribution in [1.82, 2.24) is 4.98 Å². The number of rotatable bonds is 3. The highest BCUT2D eigenvalue weighted by Gasteiger charge is 2.34. The quantitative estimate of drug-likeness (QED) is 0.483. The van der Waals surface area contributed by atoms with Gasteiger partial charge in [-0.05, 0) is 12.3 Å². The van der Waals surface area contributed by atoms with E-state index >= 15 is 0 Å². The summed E-state index contributed by atoms with van der Waals surface area (Å²) in [7, 11) is 1.37. The number of nitrogens with zero attached hydrogens (tertiary/aromatic N) is 3. The van der Waals surface area contributed by atoms with Crippen LogP contribution in [-0.4, -0.2) is 36.1 Å². The lowest BCUT2D eigenvalue weighted by atomic mass is 9.87. The van der Waals surface area contributed by atoms with Crippen LogP contribution in [0.2, 0.25) is 5.02 Å². The lowest BCUT2D eigenvalue weighted by Gasteiger charge is -2.35. The Hall–Kier alpha value is -1.89. The van der Waals surface area contributed by atoms with Crippen LogP contribution >= 0.6 is 11.6 Å². The van der Waals surface area contributed by atoms with Gasteiger partial charge in [0.25, 0.3) is 0 Å². The zero-order valence-electron chi connectivity index (χ0n) is 11.8. The fraction of sp³-hybridized carbons (Fsp3) is 0.538. The van der Waals surface area contributed by atoms with E-state index in [0.717, 1.165) is 0 Å². The molecule has 2 atom stereocenters. The Kier molecular flexibility index (Phi) is 4.62. The molecule has 1 saturated heterocycles. The number of pyridine rings is 1. The van der Waals surface area contributed by atoms with Gasteiger partial charge in [-0.15, -0.1) is 0 Å². The number of aromatic nitrogens is 1. The fourth-order valence-electron chi connectivity index (χ4n) is 2.64. The third-order valence-corrected chi connectivity index (χ3v) is 3.93. The van der Waals surface area contributed by atoms with E-state index in [1.807, 2.05) is 11.8 Å². The average Bonchev–Trinajstić information content (AvgIpc) is 2.46. The molecule has 1 aromatic heterocycles. The Morgan fingerprint density at radius 3 is 2.90 bits per heavy atom. The van der Waals surface area contributed by atoms with Crippen LogP contribution in [0.5, 0.6) is 0 Å². The van der Waals surface area contributed by atoms with Crippen molar-refractivity contribution in [3.8, 4) is 0 Å². The van der Waals surface area contributed by atoms with Gasteiger partial charge in [-0.2, -0.15) is 0 Å². The second kappa shape index (κ2) is 6.26. The molecule has 8 heteroatoms. The Labute approximate surface area is 127 Å². The molecule has 0 amide bonds. The number of nitro groups is 1. The van der Waals surface area contributed by atoms with Gasteiger partial charge in [0, 0.05) is 25.4 Å². The van der Waals surface area contributed by atoms with Crippen molar-refractivity contribution in [2.75, 3.05) is 25.1 Å². The smallest absolute Gasteiger partial charge is 0.313 e. The van der Waals surface area contributed by atoms with Crippen LogP contribution in [0.3, 0.4) is 0 Å². The van der Waals surface area contributed by atoms with Crippen molar-refractivity contribution < 1.29 is 14.5 Å². The normalized spacial score (nSPS) is 22.0. The molecule has 2 heterocycles. The molecule has 0 aromatic carbocycles. The molecule has 21 heavy (non-hydrogen) atoms. The second-order valence-electron chi connectivity index (χ2n) is 5.10. The number of hydrogen-bond donors (Lipinski definition) is 0. The fourth-order valence-corrected chi connectivity index (χ4v) is 2.79. The van der Waals surface area contributed by atoms with Gasteiger partial charge in [0.2, 0.25) is 5.82 Å². The first-order valence-corrected chi connectivity index (χ1v) is 6.94. The topological polar surface area (TPSA) is 85.6 Å². The number of carbonyl (C=O) groups is 1. The first-order chi connectivity index (χ1) is 9.93. The highest BCUT2D eigenvalue weighted by atomic mass is 35.5. The highest BCUT2D eigenvalue weighted by Crippen LogP contribution is 2.33. The molecule has 0 bridgehead atoms. The summed E-state index contributed by atoms with van der Waals surface area (Å²) in [5, 5.41) is 11.3. The molecule has 2 rings (SSSR count). The van der Waals surface area contributed by atoms with Crippen LogP contribution < -0.4 is 4.90 Å². The molecule has 1 aromatic rings. The van der Waals surface area contributed by atoms with Gasteiger partial charge in [-0.3, -0.25) is 14.9 Å². The first-order valence-electron chi connectivity index (χ1n) is 6.56. The lowest BCUT2D eigenvalue weighted by molar-refractivity contribution is -0.384. The number of piperidine rings is 1. The molecule has 0 N–H and O–H groups in total. The third-order valence-electron chi connectivity index (χ3n) is 3.72. The van der Waals surface area contributed by atoms with Gasteiger partial charge >= 0.3 is 11.7 Å². The van der Waals surface area contributed by atoms with Gasteiger partial charge in [0.15, 0.2) is 0 Å². The van der Waals surface area contributed by atoms with E-state index in [2.05, 4.69) is 4.98 Å². The van der Waals surface area contributed by atoms with E-state index in [0.29, 0.717) is 25.3 Å². The highest BCUT2D eigenvalue weighted by molar-refractivity contribution is 6.30. The van der Waals surface area contributed by atoms with Crippen LogP contribution in [0.4, 0.5) is 11.5 Å². The molecule has 1 fully saturated rings. The number of ether oxygens (including phenoxy) is 1. The summed E-state index contributed by atoms with van der Waals surface area (Å²) in [6.07, 6.45) is 1.97. The summed E-state index contributed by atoms with van der Waals surface area (Å²) in [4.78, 5) is 28.2. The van der Waals surface area contributed by atoms with E-state index in [-0.39, 0.29) is 28.5 Å². The zero-order chi connectivity index (χ0) is 15.6. The Morgan fingerprint density at radius 1 is 1.62 bits per heavy atom. The molecular formula is C13H16ClN3O4. The summed E-state index contributed by atoms with van der Waals surface area (Å²) < 4.78 is 4.78. The maximum absolute atomic E-state index is 11.7. The van der Waals surface area contributed by atoms with Crippen LogP contribution in [0.25, 0.3) is 0 Å². The van der Waals surface area contributed by atoms with Crippen LogP contribution in [0.15, 0.2) is 12.3 Å². The molecule has 1 aliphatic heterocycles. The SMILES string of the molecule is COC(=O)[C@H]1CCN(c2ncc(Cl)cc2[N+](=O)[O-])C[C@@H]1C. The van der Waals surface area contributed by atoms with Gasteiger partial charge in [0.1, 0.15) is 0 Å². The van der Waals surface area contributed by atoms with E-state index in [4.69, 9.17) is 16.3 Å². The minimum Gasteiger partial charge on any atom is -0.469 e. The molecule has 0 unspecified atom stereocenters. The average molecular weight is 314 g/mol. The largest absolute Gasteiger partial charge is 0.469 e. The van der Waals surface area contributed by atoms with E-state index < -0.39 is 4.92 Å². The van der Waals surface area contributed by atoms with Crippen LogP contribution in [0, 0.1) is 22.0 Å². The van der Waals surface area contributed by atoms with Crippen molar-refractivity contribution in [3.63, 3.8) is 0 Å². The van der Waals surface area contributed by atoms with Crippen LogP contribution in [-0.2, 0) is 9.53 Å². The van der Waals surface area contributed by atoms with Gasteiger partial charge < -0.3 is 9.64 Å². The number of halogens is 1. The summed E-state index contributed by atoms with van der Waals surface area (Å²) in [5.41, 5.74) is -0.119. The van der Waals surface area contributed by atoms with Crippen molar-refractivity contribution >= 4 is 29.1 Å². The van der Waals surface area contributed by atoms with Crippen LogP contribution in [0.1, 0.15) is 13.3 Å². The molecule has 0 radical (unpaired) electrons. The second-order valence-corrected chi connectivity index (χ2v) is 5.53. The number of hydrogen-bond acceptors (Lipinski definition) is 6. The molecule has 0 saturated carbocycles. The van der Waals surface area contributed by atoms with E-state index in [9.17, 15) is 14.9 Å². The van der Waals surface area contributed by atoms with E-state index in [1.54, 1.807) is 0 Å². The third kappa shape index (κ3) is 3.24. The maximum atomic E-state index is 11.7.